The molecule has 4 heterocycles. The third kappa shape index (κ3) is 7.69. The number of hydrogen-bond donors (Lipinski definition) is 0. The molecule has 0 radical (unpaired) electrons. The summed E-state index contributed by atoms with van der Waals surface area (Å²) >= 11 is 3.52. The van der Waals surface area contributed by atoms with Crippen LogP contribution in [0.4, 0.5) is 32.8 Å². The summed E-state index contributed by atoms with van der Waals surface area (Å²) in [6.45, 7) is 0. The summed E-state index contributed by atoms with van der Waals surface area (Å²) in [4.78, 5) is 16.3. The molecule has 0 saturated heterocycles. The molecule has 0 saturated carbocycles. The maximum absolute atomic E-state index is 4.67. The summed E-state index contributed by atoms with van der Waals surface area (Å²) < 4.78 is 0. The molecular weight excluding hydrogens is 673 g/mol. The van der Waals surface area contributed by atoms with Crippen LogP contribution in [0.1, 0.15) is 20.9 Å². The van der Waals surface area contributed by atoms with Gasteiger partial charge in [-0.25, -0.2) is 0 Å². The molecule has 0 aliphatic heterocycles. The number of rotatable bonds is 11. The van der Waals surface area contributed by atoms with E-state index >= 15 is 0 Å². The van der Waals surface area contributed by atoms with Gasteiger partial charge in [-0.15, -0.1) is 22.7 Å². The maximum atomic E-state index is 4.67. The van der Waals surface area contributed by atoms with Crippen molar-refractivity contribution in [2.24, 2.45) is 0 Å². The molecule has 0 amide bonds. The van der Waals surface area contributed by atoms with Crippen molar-refractivity contribution < 1.29 is 0 Å². The minimum atomic E-state index is 0.836. The lowest BCUT2D eigenvalue weighted by Crippen LogP contribution is -2.07. The Balaban J connectivity index is 0.987. The Morgan fingerprint density at radius 2 is 0.712 bits per heavy atom. The van der Waals surface area contributed by atoms with E-state index in [1.54, 1.807) is 22.7 Å². The zero-order chi connectivity index (χ0) is 35.0. The normalized spacial score (nSPS) is 11.3. The molecule has 250 valence electrons. The molecule has 0 N–H and O–H groups in total. The fourth-order valence-electron chi connectivity index (χ4n) is 5.96. The molecule has 0 bridgehead atoms. The second-order valence-corrected chi connectivity index (χ2v) is 14.2. The Morgan fingerprint density at radius 3 is 1.06 bits per heavy atom. The van der Waals surface area contributed by atoms with Crippen LogP contribution in [0, 0.1) is 0 Å². The zero-order valence-corrected chi connectivity index (χ0v) is 29.9. The summed E-state index contributed by atoms with van der Waals surface area (Å²) in [5.74, 6) is 0. The first-order chi connectivity index (χ1) is 25.8. The zero-order valence-electron chi connectivity index (χ0n) is 28.2. The van der Waals surface area contributed by atoms with Crippen molar-refractivity contribution in [2.45, 2.75) is 0 Å². The highest BCUT2D eigenvalue weighted by Gasteiger charge is 2.15. The number of aromatic nitrogens is 2. The van der Waals surface area contributed by atoms with Crippen LogP contribution in [0.3, 0.4) is 0 Å². The van der Waals surface area contributed by atoms with E-state index in [1.807, 2.05) is 48.8 Å². The van der Waals surface area contributed by atoms with Crippen molar-refractivity contribution in [3.8, 4) is 11.4 Å². The van der Waals surface area contributed by atoms with Gasteiger partial charge in [0.2, 0.25) is 0 Å². The van der Waals surface area contributed by atoms with Crippen LogP contribution >= 0.6 is 22.7 Å². The summed E-state index contributed by atoms with van der Waals surface area (Å²) in [5, 5.41) is 2.31. The Kier molecular flexibility index (Phi) is 9.91. The minimum Gasteiger partial charge on any atom is -0.302 e. The SMILES string of the molecule is C(=C\c1ccc(N(c2ccccc2)c2ccccc2)s1)/c1ccnc(-c2cc(/C=C/c3ccc(N(c4ccccc4)c4ccccc4)s3)ccn2)c1. The average Bonchev–Trinajstić information content (AvgIpc) is 3.89. The monoisotopic (exact) mass is 706 g/mol. The van der Waals surface area contributed by atoms with Crippen molar-refractivity contribution in [3.05, 3.63) is 203 Å². The van der Waals surface area contributed by atoms with Gasteiger partial charge in [-0.3, -0.25) is 9.97 Å². The van der Waals surface area contributed by atoms with E-state index in [-0.39, 0.29) is 0 Å². The van der Waals surface area contributed by atoms with E-state index in [0.29, 0.717) is 0 Å². The highest BCUT2D eigenvalue weighted by Crippen LogP contribution is 2.40. The number of hydrogen-bond acceptors (Lipinski definition) is 6. The molecule has 4 nitrogen and oxygen atoms in total. The molecule has 0 spiro atoms. The van der Waals surface area contributed by atoms with Gasteiger partial charge in [-0.2, -0.15) is 0 Å². The first-order valence-electron chi connectivity index (χ1n) is 17.1. The molecule has 52 heavy (non-hydrogen) atoms. The molecule has 0 unspecified atom stereocenters. The predicted octanol–water partition coefficient (Wildman–Crippen LogP) is 13.5. The number of thiophene rings is 2. The molecule has 0 atom stereocenters. The lowest BCUT2D eigenvalue weighted by atomic mass is 10.1. The second kappa shape index (κ2) is 15.7. The molecule has 0 fully saturated rings. The third-order valence-corrected chi connectivity index (χ3v) is 10.5. The van der Waals surface area contributed by atoms with Gasteiger partial charge in [0.1, 0.15) is 10.0 Å². The van der Waals surface area contributed by atoms with Gasteiger partial charge in [0.15, 0.2) is 0 Å². The van der Waals surface area contributed by atoms with Crippen molar-refractivity contribution in [1.82, 2.24) is 9.97 Å². The topological polar surface area (TPSA) is 32.3 Å². The van der Waals surface area contributed by atoms with Crippen LogP contribution < -0.4 is 9.80 Å². The van der Waals surface area contributed by atoms with Crippen molar-refractivity contribution in [2.75, 3.05) is 9.80 Å². The number of nitrogens with zero attached hydrogens (tertiary/aromatic N) is 4. The van der Waals surface area contributed by atoms with E-state index in [0.717, 1.165) is 55.3 Å². The second-order valence-electron chi connectivity index (χ2n) is 12.0. The molecule has 4 aromatic carbocycles. The van der Waals surface area contributed by atoms with E-state index in [2.05, 4.69) is 178 Å². The van der Waals surface area contributed by atoms with E-state index < -0.39 is 0 Å². The summed E-state index contributed by atoms with van der Waals surface area (Å²) in [7, 11) is 0. The van der Waals surface area contributed by atoms with E-state index in [4.69, 9.17) is 0 Å². The lowest BCUT2D eigenvalue weighted by molar-refractivity contribution is 1.24. The Morgan fingerprint density at radius 1 is 0.365 bits per heavy atom. The van der Waals surface area contributed by atoms with Crippen LogP contribution in [0.2, 0.25) is 0 Å². The van der Waals surface area contributed by atoms with Crippen LogP contribution in [-0.2, 0) is 0 Å². The van der Waals surface area contributed by atoms with Crippen LogP contribution in [0.15, 0.2) is 182 Å². The van der Waals surface area contributed by atoms with Gasteiger partial charge >= 0.3 is 0 Å². The standard InChI is InChI=1S/C46H34N4S2/c1-5-13-37(14-6-1)49(38-15-7-2-8-16-38)45-27-25-41(51-45)23-21-35-29-31-47-43(33-35)44-34-36(30-32-48-44)22-24-42-26-28-46(52-42)50(39-17-9-3-10-18-39)40-19-11-4-12-20-40/h1-34H/b23-21+,24-22+. The fourth-order valence-corrected chi connectivity index (χ4v) is 7.86. The first kappa shape index (κ1) is 32.8. The highest BCUT2D eigenvalue weighted by atomic mass is 32.1. The summed E-state index contributed by atoms with van der Waals surface area (Å²) in [6, 6.07) is 58.9. The number of benzene rings is 4. The lowest BCUT2D eigenvalue weighted by Gasteiger charge is -2.23. The smallest absolute Gasteiger partial charge is 0.100 e. The van der Waals surface area contributed by atoms with Crippen molar-refractivity contribution in [3.63, 3.8) is 0 Å². The molecule has 4 aromatic heterocycles. The van der Waals surface area contributed by atoms with Crippen LogP contribution in [0.25, 0.3) is 35.7 Å². The van der Waals surface area contributed by atoms with Gasteiger partial charge in [-0.1, -0.05) is 84.9 Å². The minimum absolute atomic E-state index is 0.836. The first-order valence-corrected chi connectivity index (χ1v) is 18.7. The van der Waals surface area contributed by atoms with Gasteiger partial charge in [0.25, 0.3) is 0 Å². The van der Waals surface area contributed by atoms with Gasteiger partial charge in [0.05, 0.1) is 11.4 Å². The third-order valence-electron chi connectivity index (χ3n) is 8.43. The van der Waals surface area contributed by atoms with Gasteiger partial charge < -0.3 is 9.80 Å². The quantitative estimate of drug-likeness (QED) is 0.134. The van der Waals surface area contributed by atoms with Crippen molar-refractivity contribution >= 4 is 79.7 Å². The van der Waals surface area contributed by atoms with E-state index in [9.17, 15) is 0 Å². The van der Waals surface area contributed by atoms with Crippen LogP contribution in [0.5, 0.6) is 0 Å². The van der Waals surface area contributed by atoms with Crippen LogP contribution in [-0.4, -0.2) is 9.97 Å². The molecule has 0 aliphatic carbocycles. The largest absolute Gasteiger partial charge is 0.302 e. The molecule has 6 heteroatoms. The number of para-hydroxylation sites is 4. The fraction of sp³-hybridized carbons (Fsp3) is 0. The molecule has 8 rings (SSSR count). The molecule has 0 aliphatic rings. The van der Waals surface area contributed by atoms with Gasteiger partial charge in [0, 0.05) is 44.9 Å². The Hall–Kier alpha value is -6.34. The maximum Gasteiger partial charge on any atom is 0.100 e. The summed E-state index contributed by atoms with van der Waals surface area (Å²) in [6.07, 6.45) is 12.3. The highest BCUT2D eigenvalue weighted by molar-refractivity contribution is 7.17. The van der Waals surface area contributed by atoms with E-state index in [1.165, 1.54) is 9.75 Å². The number of pyridine rings is 2. The molecular formula is C46H34N4S2. The Bertz CT molecular complexity index is 2170. The number of anilines is 6. The predicted molar refractivity (Wildman–Crippen MR) is 223 cm³/mol. The van der Waals surface area contributed by atoms with Gasteiger partial charge in [-0.05, 0) is 120 Å². The molecule has 8 aromatic rings. The average molecular weight is 707 g/mol. The van der Waals surface area contributed by atoms with Crippen molar-refractivity contribution in [1.29, 1.82) is 0 Å². The Labute approximate surface area is 312 Å². The summed E-state index contributed by atoms with van der Waals surface area (Å²) in [5.41, 5.74) is 8.34.